The van der Waals surface area contributed by atoms with Gasteiger partial charge in [0.25, 0.3) is 0 Å². The lowest BCUT2D eigenvalue weighted by Crippen LogP contribution is -2.40. The Morgan fingerprint density at radius 1 is 1.33 bits per heavy atom. The number of aromatic nitrogens is 2. The van der Waals surface area contributed by atoms with Crippen LogP contribution < -0.4 is 4.72 Å². The maximum absolute atomic E-state index is 11.8. The van der Waals surface area contributed by atoms with Crippen molar-refractivity contribution in [2.45, 2.75) is 38.5 Å². The van der Waals surface area contributed by atoms with E-state index in [1.165, 1.54) is 6.33 Å². The van der Waals surface area contributed by atoms with Gasteiger partial charge in [0, 0.05) is 29.3 Å². The molecular weight excluding hydrogens is 210 g/mol. The average Bonchev–Trinajstić information content (AvgIpc) is 2.17. The lowest BCUT2D eigenvalue weighted by Gasteiger charge is -2.26. The highest BCUT2D eigenvalue weighted by Crippen LogP contribution is 2.18. The van der Waals surface area contributed by atoms with Crippen LogP contribution in [0.2, 0.25) is 0 Å². The fourth-order valence-corrected chi connectivity index (χ4v) is 1.75. The summed E-state index contributed by atoms with van der Waals surface area (Å²) in [5.41, 5.74) is 0.940. The van der Waals surface area contributed by atoms with Crippen LogP contribution in [0.4, 0.5) is 0 Å². The maximum atomic E-state index is 11.8. The molecule has 0 radical (unpaired) electrons. The summed E-state index contributed by atoms with van der Waals surface area (Å²) in [5.74, 6) is 0. The van der Waals surface area contributed by atoms with Gasteiger partial charge >= 0.3 is 0 Å². The molecule has 1 heterocycles. The minimum Gasteiger partial charge on any atom is -0.598 e. The van der Waals surface area contributed by atoms with Crippen molar-refractivity contribution < 1.29 is 4.55 Å². The molecule has 0 bridgehead atoms. The molecule has 2 atom stereocenters. The summed E-state index contributed by atoms with van der Waals surface area (Å²) >= 11 is -1.07. The van der Waals surface area contributed by atoms with Crippen molar-refractivity contribution in [3.8, 4) is 0 Å². The van der Waals surface area contributed by atoms with Crippen LogP contribution in [0, 0.1) is 0 Å². The fraction of sp³-hybridized carbons (Fsp3) is 0.600. The van der Waals surface area contributed by atoms with Gasteiger partial charge in [0.15, 0.2) is 0 Å². The van der Waals surface area contributed by atoms with Crippen molar-refractivity contribution in [1.82, 2.24) is 14.7 Å². The predicted octanol–water partition coefficient (Wildman–Crippen LogP) is 1.59. The summed E-state index contributed by atoms with van der Waals surface area (Å²) in [5, 5.41) is 0. The van der Waals surface area contributed by atoms with Gasteiger partial charge in [-0.2, -0.15) is 0 Å². The van der Waals surface area contributed by atoms with Gasteiger partial charge in [-0.3, -0.25) is 0 Å². The summed E-state index contributed by atoms with van der Waals surface area (Å²) in [6.45, 7) is 7.75. The largest absolute Gasteiger partial charge is 0.598 e. The highest BCUT2D eigenvalue weighted by Gasteiger charge is 2.28. The van der Waals surface area contributed by atoms with Gasteiger partial charge in [-0.25, -0.2) is 9.97 Å². The molecule has 1 aromatic rings. The molecule has 4 nitrogen and oxygen atoms in total. The zero-order chi connectivity index (χ0) is 11.5. The highest BCUT2D eigenvalue weighted by molar-refractivity contribution is 7.90. The normalized spacial score (nSPS) is 16.1. The van der Waals surface area contributed by atoms with E-state index >= 15 is 0 Å². The number of nitrogens with one attached hydrogen (secondary N) is 1. The minimum atomic E-state index is -1.07. The zero-order valence-corrected chi connectivity index (χ0v) is 10.3. The number of hydrogen-bond donors (Lipinski definition) is 1. The molecule has 1 rings (SSSR count). The Hall–Kier alpha value is -0.650. The molecule has 0 aliphatic heterocycles. The Morgan fingerprint density at radius 2 is 1.87 bits per heavy atom. The first-order valence-electron chi connectivity index (χ1n) is 4.84. The van der Waals surface area contributed by atoms with E-state index in [4.69, 9.17) is 0 Å². The average molecular weight is 227 g/mol. The Labute approximate surface area is 93.8 Å². The Kier molecular flexibility index (Phi) is 4.07. The van der Waals surface area contributed by atoms with E-state index in [1.54, 1.807) is 12.4 Å². The van der Waals surface area contributed by atoms with E-state index < -0.39 is 11.4 Å². The minimum absolute atomic E-state index is 0.00809. The van der Waals surface area contributed by atoms with Gasteiger partial charge in [0.2, 0.25) is 0 Å². The van der Waals surface area contributed by atoms with Gasteiger partial charge in [-0.15, -0.1) is 4.72 Å². The molecule has 1 unspecified atom stereocenters. The van der Waals surface area contributed by atoms with Crippen LogP contribution in [0.3, 0.4) is 0 Å². The van der Waals surface area contributed by atoms with Crippen LogP contribution >= 0.6 is 0 Å². The van der Waals surface area contributed by atoms with E-state index in [2.05, 4.69) is 14.7 Å². The molecule has 1 aromatic heterocycles. The Bertz CT molecular complexity index is 299. The molecule has 0 amide bonds. The third kappa shape index (κ3) is 3.77. The molecule has 0 aliphatic carbocycles. The number of rotatable bonds is 3. The smallest absolute Gasteiger partial charge is 0.136 e. The molecule has 0 saturated carbocycles. The quantitative estimate of drug-likeness (QED) is 0.797. The van der Waals surface area contributed by atoms with Crippen LogP contribution in [0.1, 0.15) is 39.3 Å². The van der Waals surface area contributed by atoms with Gasteiger partial charge in [-0.1, -0.05) is 0 Å². The molecule has 84 valence electrons. The molecule has 0 aromatic carbocycles. The van der Waals surface area contributed by atoms with Crippen LogP contribution in [-0.2, 0) is 11.4 Å². The first-order chi connectivity index (χ1) is 6.91. The molecule has 0 aliphatic rings. The molecule has 0 spiro atoms. The highest BCUT2D eigenvalue weighted by atomic mass is 32.2. The van der Waals surface area contributed by atoms with Crippen LogP contribution in [0.25, 0.3) is 0 Å². The molecule has 15 heavy (non-hydrogen) atoms. The summed E-state index contributed by atoms with van der Waals surface area (Å²) in [6, 6.07) is -0.00809. The number of hydrogen-bond acceptors (Lipinski definition) is 4. The molecule has 1 N–H and O–H groups in total. The summed E-state index contributed by atoms with van der Waals surface area (Å²) in [6.07, 6.45) is 4.94. The van der Waals surface area contributed by atoms with E-state index in [0.29, 0.717) is 0 Å². The Balaban J connectivity index is 2.61. The second-order valence-electron chi connectivity index (χ2n) is 4.39. The first-order valence-corrected chi connectivity index (χ1v) is 5.99. The first kappa shape index (κ1) is 12.4. The van der Waals surface area contributed by atoms with Gasteiger partial charge in [0.1, 0.15) is 11.1 Å². The zero-order valence-electron chi connectivity index (χ0n) is 9.52. The van der Waals surface area contributed by atoms with Crippen molar-refractivity contribution in [1.29, 1.82) is 0 Å². The third-order valence-electron chi connectivity index (χ3n) is 1.92. The van der Waals surface area contributed by atoms with Crippen molar-refractivity contribution in [3.05, 3.63) is 24.3 Å². The van der Waals surface area contributed by atoms with E-state index in [9.17, 15) is 4.55 Å². The van der Waals surface area contributed by atoms with Gasteiger partial charge < -0.3 is 4.55 Å². The van der Waals surface area contributed by atoms with Crippen molar-refractivity contribution >= 4 is 11.4 Å². The van der Waals surface area contributed by atoms with Crippen molar-refractivity contribution in [3.63, 3.8) is 0 Å². The van der Waals surface area contributed by atoms with Crippen LogP contribution in [-0.4, -0.2) is 19.3 Å². The van der Waals surface area contributed by atoms with Gasteiger partial charge in [-0.05, 0) is 27.7 Å². The lowest BCUT2D eigenvalue weighted by atomic mass is 10.2. The van der Waals surface area contributed by atoms with Crippen molar-refractivity contribution in [2.24, 2.45) is 0 Å². The summed E-state index contributed by atoms with van der Waals surface area (Å²) in [4.78, 5) is 7.85. The van der Waals surface area contributed by atoms with Crippen molar-refractivity contribution in [2.75, 3.05) is 0 Å². The van der Waals surface area contributed by atoms with E-state index in [0.717, 1.165) is 5.56 Å². The summed E-state index contributed by atoms with van der Waals surface area (Å²) in [7, 11) is 0. The summed E-state index contributed by atoms with van der Waals surface area (Å²) < 4.78 is 14.6. The molecular formula is C10H17N3OS. The number of nitrogens with zero attached hydrogens (tertiary/aromatic N) is 2. The van der Waals surface area contributed by atoms with Crippen LogP contribution in [0.15, 0.2) is 18.7 Å². The molecule has 0 fully saturated rings. The molecule has 0 saturated heterocycles. The maximum Gasteiger partial charge on any atom is 0.136 e. The standard InChI is InChI=1S/C10H17N3OS/c1-8(9-5-11-7-12-6-9)13-15(14)10(2,3)4/h5-8,13H,1-4H3/t8-,15?/m0/s1. The second-order valence-corrected chi connectivity index (χ2v) is 6.39. The second kappa shape index (κ2) is 4.92. The third-order valence-corrected chi connectivity index (χ3v) is 3.60. The monoisotopic (exact) mass is 227 g/mol. The SMILES string of the molecule is C[C@H](N[S+]([O-])C(C)(C)C)c1cncnc1. The topological polar surface area (TPSA) is 60.9 Å². The predicted molar refractivity (Wildman–Crippen MR) is 61.5 cm³/mol. The van der Waals surface area contributed by atoms with Gasteiger partial charge in [0.05, 0.1) is 6.04 Å². The lowest BCUT2D eigenvalue weighted by molar-refractivity contribution is 0.530. The molecule has 5 heteroatoms. The Morgan fingerprint density at radius 3 is 2.33 bits per heavy atom. The van der Waals surface area contributed by atoms with Crippen LogP contribution in [0.5, 0.6) is 0 Å². The fourth-order valence-electron chi connectivity index (χ4n) is 0.940. The van der Waals surface area contributed by atoms with E-state index in [1.807, 2.05) is 27.7 Å². The van der Waals surface area contributed by atoms with E-state index in [-0.39, 0.29) is 10.8 Å².